The van der Waals surface area contributed by atoms with Gasteiger partial charge in [0.05, 0.1) is 11.8 Å². The Hall–Kier alpha value is -1.08. The van der Waals surface area contributed by atoms with E-state index in [2.05, 4.69) is 33.8 Å². The van der Waals surface area contributed by atoms with Gasteiger partial charge in [0.1, 0.15) is 0 Å². The summed E-state index contributed by atoms with van der Waals surface area (Å²) in [6.07, 6.45) is 6.12. The van der Waals surface area contributed by atoms with Crippen LogP contribution < -0.4 is 0 Å². The average molecular weight is 355 g/mol. The second kappa shape index (κ2) is 9.42. The first kappa shape index (κ1) is 19.2. The summed E-state index contributed by atoms with van der Waals surface area (Å²) in [7, 11) is 0. The topological polar surface area (TPSA) is 62.5 Å². The Balaban J connectivity index is 1.94. The zero-order valence-electron chi connectivity index (χ0n) is 15.3. The highest BCUT2D eigenvalue weighted by molar-refractivity contribution is 7.99. The monoisotopic (exact) mass is 354 g/mol. The fourth-order valence-electron chi connectivity index (χ4n) is 3.40. The van der Waals surface area contributed by atoms with E-state index >= 15 is 0 Å². The third-order valence-corrected chi connectivity index (χ3v) is 5.88. The number of likely N-dealkylation sites (tertiary alicyclic amines) is 1. The molecule has 136 valence electrons. The number of aromatic nitrogens is 2. The van der Waals surface area contributed by atoms with Crippen LogP contribution in [0.15, 0.2) is 4.52 Å². The molecule has 6 nitrogen and oxygen atoms in total. The maximum absolute atomic E-state index is 12.6. The molecule has 0 aromatic carbocycles. The third-order valence-electron chi connectivity index (χ3n) is 4.78. The molecule has 1 aromatic heterocycles. The molecule has 2 rings (SSSR count). The predicted molar refractivity (Wildman–Crippen MR) is 96.9 cm³/mol. The number of aryl methyl sites for hydroxylation is 1. The number of hydrogen-bond donors (Lipinski definition) is 0. The van der Waals surface area contributed by atoms with Crippen LogP contribution in [0.2, 0.25) is 0 Å². The van der Waals surface area contributed by atoms with Crippen molar-refractivity contribution in [2.24, 2.45) is 0 Å². The SMILES string of the molecule is CC[C@H](SC)C(=O)N1CCC[C@H](N(CC)Cc2noc(C)n2)CC1. The van der Waals surface area contributed by atoms with E-state index in [1.807, 2.05) is 13.2 Å². The van der Waals surface area contributed by atoms with Gasteiger partial charge in [-0.15, -0.1) is 0 Å². The summed E-state index contributed by atoms with van der Waals surface area (Å²) >= 11 is 1.67. The Morgan fingerprint density at radius 3 is 2.79 bits per heavy atom. The van der Waals surface area contributed by atoms with Crippen LogP contribution in [0.3, 0.4) is 0 Å². The summed E-state index contributed by atoms with van der Waals surface area (Å²) in [5, 5.41) is 4.12. The van der Waals surface area contributed by atoms with Crippen LogP contribution in [0.4, 0.5) is 0 Å². The molecule has 0 radical (unpaired) electrons. The Kier molecular flexibility index (Phi) is 7.55. The van der Waals surface area contributed by atoms with Gasteiger partial charge in [0.15, 0.2) is 5.82 Å². The van der Waals surface area contributed by atoms with Crippen molar-refractivity contribution in [2.75, 3.05) is 25.9 Å². The molecule has 1 fully saturated rings. The molecule has 1 saturated heterocycles. The Bertz CT molecular complexity index is 518. The summed E-state index contributed by atoms with van der Waals surface area (Å²) in [5.41, 5.74) is 0. The molecule has 7 heteroatoms. The number of carbonyl (C=O) groups is 1. The van der Waals surface area contributed by atoms with E-state index in [-0.39, 0.29) is 5.25 Å². The normalized spacial score (nSPS) is 20.2. The largest absolute Gasteiger partial charge is 0.342 e. The van der Waals surface area contributed by atoms with E-state index < -0.39 is 0 Å². The van der Waals surface area contributed by atoms with E-state index in [4.69, 9.17) is 4.52 Å². The Morgan fingerprint density at radius 2 is 2.21 bits per heavy atom. The molecular weight excluding hydrogens is 324 g/mol. The molecule has 0 saturated carbocycles. The van der Waals surface area contributed by atoms with E-state index in [1.54, 1.807) is 11.8 Å². The highest BCUT2D eigenvalue weighted by atomic mass is 32.2. The molecule has 1 aliphatic heterocycles. The minimum atomic E-state index is 0.103. The van der Waals surface area contributed by atoms with Gasteiger partial charge in [-0.05, 0) is 38.5 Å². The number of thioether (sulfide) groups is 1. The molecule has 0 N–H and O–H groups in total. The molecule has 0 spiro atoms. The highest BCUT2D eigenvalue weighted by Gasteiger charge is 2.27. The van der Waals surface area contributed by atoms with Crippen LogP contribution in [-0.4, -0.2) is 63.0 Å². The smallest absolute Gasteiger partial charge is 0.235 e. The Morgan fingerprint density at radius 1 is 1.42 bits per heavy atom. The zero-order valence-corrected chi connectivity index (χ0v) is 16.1. The predicted octanol–water partition coefficient (Wildman–Crippen LogP) is 2.72. The first-order chi connectivity index (χ1) is 11.6. The summed E-state index contributed by atoms with van der Waals surface area (Å²) in [6, 6.07) is 0.473. The summed E-state index contributed by atoms with van der Waals surface area (Å²) in [6.45, 7) is 9.47. The summed E-state index contributed by atoms with van der Waals surface area (Å²) < 4.78 is 5.08. The summed E-state index contributed by atoms with van der Waals surface area (Å²) in [5.74, 6) is 1.67. The van der Waals surface area contributed by atoms with Crippen LogP contribution >= 0.6 is 11.8 Å². The maximum atomic E-state index is 12.6. The van der Waals surface area contributed by atoms with Crippen LogP contribution in [-0.2, 0) is 11.3 Å². The second-order valence-electron chi connectivity index (χ2n) is 6.34. The lowest BCUT2D eigenvalue weighted by molar-refractivity contribution is -0.130. The van der Waals surface area contributed by atoms with Crippen LogP contribution in [0, 0.1) is 6.92 Å². The molecule has 0 bridgehead atoms. The third kappa shape index (κ3) is 4.96. The fourth-order valence-corrected chi connectivity index (χ4v) is 4.08. The molecule has 1 aliphatic rings. The molecule has 2 heterocycles. The van der Waals surface area contributed by atoms with Crippen molar-refractivity contribution in [1.29, 1.82) is 0 Å². The minimum Gasteiger partial charge on any atom is -0.342 e. The van der Waals surface area contributed by atoms with Gasteiger partial charge in [0.25, 0.3) is 0 Å². The lowest BCUT2D eigenvalue weighted by atomic mass is 10.1. The zero-order chi connectivity index (χ0) is 17.5. The van der Waals surface area contributed by atoms with E-state index in [0.717, 1.165) is 57.7 Å². The Labute approximate surface area is 149 Å². The molecule has 2 atom stereocenters. The van der Waals surface area contributed by atoms with Gasteiger partial charge in [-0.3, -0.25) is 9.69 Å². The first-order valence-corrected chi connectivity index (χ1v) is 10.2. The quantitative estimate of drug-likeness (QED) is 0.750. The summed E-state index contributed by atoms with van der Waals surface area (Å²) in [4.78, 5) is 21.4. The molecule has 1 amide bonds. The number of hydrogen-bond acceptors (Lipinski definition) is 6. The van der Waals surface area contributed by atoms with E-state index in [0.29, 0.717) is 17.8 Å². The van der Waals surface area contributed by atoms with Crippen molar-refractivity contribution in [1.82, 2.24) is 19.9 Å². The number of nitrogens with zero attached hydrogens (tertiary/aromatic N) is 4. The van der Waals surface area contributed by atoms with E-state index in [9.17, 15) is 4.79 Å². The highest BCUT2D eigenvalue weighted by Crippen LogP contribution is 2.21. The van der Waals surface area contributed by atoms with E-state index in [1.165, 1.54) is 0 Å². The van der Waals surface area contributed by atoms with Crippen LogP contribution in [0.1, 0.15) is 51.2 Å². The standard InChI is InChI=1S/C17H30N4O2S/c1-5-15(24-4)17(22)21-10-7-8-14(9-11-21)20(6-2)12-16-18-13(3)23-19-16/h14-15H,5-12H2,1-4H3/t14-,15-/m0/s1. The van der Waals surface area contributed by atoms with Gasteiger partial charge in [0.2, 0.25) is 11.8 Å². The van der Waals surface area contributed by atoms with Gasteiger partial charge in [-0.1, -0.05) is 19.0 Å². The second-order valence-corrected chi connectivity index (χ2v) is 7.38. The molecule has 0 unspecified atom stereocenters. The van der Waals surface area contributed by atoms with Gasteiger partial charge in [-0.25, -0.2) is 0 Å². The molecular formula is C17H30N4O2S. The maximum Gasteiger partial charge on any atom is 0.235 e. The van der Waals surface area contributed by atoms with Crippen LogP contribution in [0.5, 0.6) is 0 Å². The molecule has 1 aromatic rings. The number of carbonyl (C=O) groups excluding carboxylic acids is 1. The first-order valence-electron chi connectivity index (χ1n) is 8.93. The van der Waals surface area contributed by atoms with Crippen molar-refractivity contribution in [3.63, 3.8) is 0 Å². The lowest BCUT2D eigenvalue weighted by Gasteiger charge is -2.29. The van der Waals surface area contributed by atoms with Crippen molar-refractivity contribution < 1.29 is 9.32 Å². The van der Waals surface area contributed by atoms with Gasteiger partial charge in [-0.2, -0.15) is 16.7 Å². The lowest BCUT2D eigenvalue weighted by Crippen LogP contribution is -2.39. The van der Waals surface area contributed by atoms with Crippen molar-refractivity contribution in [2.45, 2.75) is 64.3 Å². The van der Waals surface area contributed by atoms with Gasteiger partial charge >= 0.3 is 0 Å². The minimum absolute atomic E-state index is 0.103. The van der Waals surface area contributed by atoms with Gasteiger partial charge in [0, 0.05) is 26.1 Å². The van der Waals surface area contributed by atoms with Crippen LogP contribution in [0.25, 0.3) is 0 Å². The van der Waals surface area contributed by atoms with Gasteiger partial charge < -0.3 is 9.42 Å². The number of amides is 1. The van der Waals surface area contributed by atoms with Crippen molar-refractivity contribution >= 4 is 17.7 Å². The average Bonchev–Trinajstić information content (AvgIpc) is 2.85. The molecule has 24 heavy (non-hydrogen) atoms. The van der Waals surface area contributed by atoms with Crippen molar-refractivity contribution in [3.05, 3.63) is 11.7 Å². The van der Waals surface area contributed by atoms with Crippen molar-refractivity contribution in [3.8, 4) is 0 Å². The number of rotatable bonds is 7. The fraction of sp³-hybridized carbons (Fsp3) is 0.824. The molecule has 0 aliphatic carbocycles.